The minimum atomic E-state index is -5.92. The maximum atomic E-state index is 12.7. The zero-order chi connectivity index (χ0) is 56.7. The van der Waals surface area contributed by atoms with Gasteiger partial charge in [0.25, 0.3) is 15.6 Å². The Labute approximate surface area is 458 Å². The molecule has 2 aromatic rings. The molecule has 0 spiro atoms. The highest BCUT2D eigenvalue weighted by Crippen LogP contribution is 2.56. The Balaban J connectivity index is 1.18. The standard InChI is InChI=1S/C49H90N7O17P3S/c1-4-5-6-7-8-9-10-11-12-13-14-15-16-17-18-19-20-21-22-23-24-25-26-27-28-29-40(58)77-33-32-51-39(57)30-31-52-47(61)44(60)49(2,3)35-70-76(67,68)73-75(65,66)69-34-38-43(72-74(62,63)64)42(59)48(71-38)56-37-55-41-45(50)53-36-54-46(41)56/h36-38,42-44,48,59-60H,4-35H2,1-3H3,(H,51,57)(H,52,61)(H,65,66)(H,67,68)(H2,50,53,54)(H2,62,63,64)/p-4/t38-,42-,43-,44+,48-/m1/s1. The maximum absolute atomic E-state index is 12.7. The summed E-state index contributed by atoms with van der Waals surface area (Å²) in [7, 11) is -17.6. The molecule has 2 aromatic heterocycles. The molecule has 77 heavy (non-hydrogen) atoms. The van der Waals surface area contributed by atoms with Crippen LogP contribution in [0.2, 0.25) is 0 Å². The van der Waals surface area contributed by atoms with E-state index in [9.17, 15) is 57.9 Å². The summed E-state index contributed by atoms with van der Waals surface area (Å²) in [5.41, 5.74) is 4.11. The second kappa shape index (κ2) is 36.8. The molecule has 7 atom stereocenters. The largest absolute Gasteiger partial charge is 0.790 e. The monoisotopic (exact) mass is 1170 g/mol. The third-order valence-electron chi connectivity index (χ3n) is 13.2. The van der Waals surface area contributed by atoms with E-state index in [0.717, 1.165) is 48.2 Å². The van der Waals surface area contributed by atoms with Gasteiger partial charge < -0.3 is 69.0 Å². The van der Waals surface area contributed by atoms with Crippen LogP contribution in [0.1, 0.15) is 200 Å². The summed E-state index contributed by atoms with van der Waals surface area (Å²) in [5.74, 6) is -1.12. The number of nitrogens with two attached hydrogens (primary N) is 1. The maximum Gasteiger partial charge on any atom is 0.274 e. The van der Waals surface area contributed by atoms with Gasteiger partial charge in [-0.05, 0) is 6.42 Å². The van der Waals surface area contributed by atoms with E-state index in [2.05, 4.69) is 50.4 Å². The summed E-state index contributed by atoms with van der Waals surface area (Å²) in [6, 6.07) is 0. The van der Waals surface area contributed by atoms with Gasteiger partial charge in [-0.2, -0.15) is 0 Å². The van der Waals surface area contributed by atoms with Crippen molar-refractivity contribution in [2.75, 3.05) is 37.8 Å². The Hall–Kier alpha value is -2.44. The normalized spacial score (nSPS) is 19.0. The second-order valence-corrected chi connectivity index (χ2v) is 25.7. The van der Waals surface area contributed by atoms with Gasteiger partial charge in [-0.25, -0.2) is 19.3 Å². The fourth-order valence-corrected chi connectivity index (χ4v) is 12.2. The first-order valence-corrected chi connectivity index (χ1v) is 32.9. The fraction of sp³-hybridized carbons (Fsp3) is 0.837. The number of anilines is 1. The molecule has 0 saturated carbocycles. The molecule has 444 valence electrons. The van der Waals surface area contributed by atoms with Gasteiger partial charge in [-0.1, -0.05) is 187 Å². The number of imidazole rings is 1. The summed E-state index contributed by atoms with van der Waals surface area (Å²) in [6.45, 7) is 2.47. The predicted octanol–water partition coefficient (Wildman–Crippen LogP) is 6.30. The molecule has 0 radical (unpaired) electrons. The lowest BCUT2D eigenvalue weighted by atomic mass is 9.87. The molecule has 3 heterocycles. The summed E-state index contributed by atoms with van der Waals surface area (Å²) < 4.78 is 61.0. The zero-order valence-corrected chi connectivity index (χ0v) is 48.8. The highest BCUT2D eigenvalue weighted by atomic mass is 32.2. The predicted molar refractivity (Wildman–Crippen MR) is 284 cm³/mol. The molecule has 0 aliphatic carbocycles. The van der Waals surface area contributed by atoms with Crippen LogP contribution in [0.4, 0.5) is 5.82 Å². The number of phosphoric acid groups is 3. The number of amides is 2. The second-order valence-electron chi connectivity index (χ2n) is 20.4. The minimum absolute atomic E-state index is 0.0170. The molecule has 2 amide bonds. The number of phosphoric ester groups is 3. The number of fused-ring (bicyclic) bond motifs is 1. The number of carbonyl (C=O) groups is 3. The summed E-state index contributed by atoms with van der Waals surface area (Å²) in [6.07, 6.45) is 25.9. The third kappa shape index (κ3) is 28.7. The Morgan fingerprint density at radius 2 is 1.26 bits per heavy atom. The molecule has 1 aliphatic heterocycles. The van der Waals surface area contributed by atoms with Crippen molar-refractivity contribution in [1.29, 1.82) is 0 Å². The number of aliphatic hydroxyl groups is 2. The molecule has 1 aliphatic rings. The van der Waals surface area contributed by atoms with Gasteiger partial charge in [0, 0.05) is 37.1 Å². The van der Waals surface area contributed by atoms with E-state index in [1.54, 1.807) is 0 Å². The minimum Gasteiger partial charge on any atom is -0.790 e. The lowest BCUT2D eigenvalue weighted by Gasteiger charge is -2.36. The number of rotatable bonds is 45. The van der Waals surface area contributed by atoms with Gasteiger partial charge in [-0.3, -0.25) is 28.1 Å². The van der Waals surface area contributed by atoms with Crippen LogP contribution in [-0.2, 0) is 50.7 Å². The molecule has 0 aromatic carbocycles. The highest BCUT2D eigenvalue weighted by molar-refractivity contribution is 8.13. The lowest BCUT2D eigenvalue weighted by molar-refractivity contribution is -0.347. The average Bonchev–Trinajstić information content (AvgIpc) is 3.96. The van der Waals surface area contributed by atoms with Crippen LogP contribution >= 0.6 is 35.2 Å². The van der Waals surface area contributed by atoms with Gasteiger partial charge in [0.1, 0.15) is 36.3 Å². The van der Waals surface area contributed by atoms with Gasteiger partial charge in [0.05, 0.1) is 27.4 Å². The van der Waals surface area contributed by atoms with Gasteiger partial charge in [0.15, 0.2) is 22.8 Å². The van der Waals surface area contributed by atoms with E-state index in [-0.39, 0.29) is 41.6 Å². The van der Waals surface area contributed by atoms with E-state index in [1.807, 2.05) is 0 Å². The molecule has 1 fully saturated rings. The molecular weight excluding hydrogens is 1080 g/mol. The first-order chi connectivity index (χ1) is 36.6. The first-order valence-electron chi connectivity index (χ1n) is 27.5. The van der Waals surface area contributed by atoms with Crippen molar-refractivity contribution in [3.05, 3.63) is 12.7 Å². The third-order valence-corrected chi connectivity index (χ3v) is 17.2. The molecule has 1 saturated heterocycles. The van der Waals surface area contributed by atoms with Crippen LogP contribution in [0, 0.1) is 5.41 Å². The molecule has 0 bridgehead atoms. The summed E-state index contributed by atoms with van der Waals surface area (Å²) in [5, 5.41) is 26.6. The number of hydrogen-bond donors (Lipinski definition) is 5. The quantitative estimate of drug-likeness (QED) is 0.0359. The van der Waals surface area contributed by atoms with Crippen LogP contribution < -0.4 is 35.9 Å². The molecular formula is C49H86N7O17P3S-4. The molecule has 24 nitrogen and oxygen atoms in total. The number of unbranched alkanes of at least 4 members (excludes halogenated alkanes) is 24. The number of thioether (sulfide) groups is 1. The van der Waals surface area contributed by atoms with Crippen LogP contribution in [0.15, 0.2) is 12.7 Å². The Bertz CT molecular complexity index is 2180. The van der Waals surface area contributed by atoms with Gasteiger partial charge >= 0.3 is 0 Å². The van der Waals surface area contributed by atoms with Crippen LogP contribution in [-0.4, -0.2) is 103 Å². The molecule has 6 N–H and O–H groups in total. The molecule has 2 unspecified atom stereocenters. The number of nitrogens with one attached hydrogen (secondary N) is 2. The zero-order valence-electron chi connectivity index (χ0n) is 45.3. The van der Waals surface area contributed by atoms with Crippen molar-refractivity contribution in [3.63, 3.8) is 0 Å². The number of ether oxygens (including phenoxy) is 1. The number of hydrogen-bond acceptors (Lipinski definition) is 22. The first kappa shape index (κ1) is 68.8. The van der Waals surface area contributed by atoms with Crippen LogP contribution in [0.5, 0.6) is 0 Å². The van der Waals surface area contributed by atoms with Gasteiger partial charge in [-0.15, -0.1) is 0 Å². The van der Waals surface area contributed by atoms with E-state index in [1.165, 1.54) is 155 Å². The summed E-state index contributed by atoms with van der Waals surface area (Å²) in [4.78, 5) is 97.2. The number of carbonyl (C=O) groups excluding carboxylic acids is 3. The van der Waals surface area contributed by atoms with Crippen molar-refractivity contribution < 1.29 is 80.5 Å². The van der Waals surface area contributed by atoms with Crippen molar-refractivity contribution in [3.8, 4) is 0 Å². The Morgan fingerprint density at radius 3 is 1.78 bits per heavy atom. The van der Waals surface area contributed by atoms with Gasteiger partial charge in [0.2, 0.25) is 11.8 Å². The Kier molecular flexibility index (Phi) is 32.9. The van der Waals surface area contributed by atoms with E-state index >= 15 is 0 Å². The van der Waals surface area contributed by atoms with Crippen LogP contribution in [0.3, 0.4) is 0 Å². The average molecular weight is 1170 g/mol. The van der Waals surface area contributed by atoms with Crippen LogP contribution in [0.25, 0.3) is 11.2 Å². The van der Waals surface area contributed by atoms with E-state index in [4.69, 9.17) is 10.5 Å². The Morgan fingerprint density at radius 1 is 0.753 bits per heavy atom. The van der Waals surface area contributed by atoms with E-state index in [0.29, 0.717) is 12.2 Å². The summed E-state index contributed by atoms with van der Waals surface area (Å²) >= 11 is 1.15. The number of nitrogens with zero attached hydrogens (tertiary/aromatic N) is 4. The van der Waals surface area contributed by atoms with E-state index < -0.39 is 84.6 Å². The van der Waals surface area contributed by atoms with Crippen molar-refractivity contribution in [2.45, 2.75) is 225 Å². The topological polar surface area (TPSA) is 375 Å². The SMILES string of the molecule is CCCCCCCCCCCCCCCCCCCCCCCCCCCC(=O)SCCNC(=O)CCNC(=O)[C@H](O)C(C)(C)COP(=O)([O-])OP(=O)([O-])OC[C@H]1O[C@@H](n2cnc3c(N)ncnc32)[C@H](O)[C@@H]1OP(=O)([O-])[O-]. The number of nitrogen functional groups attached to an aromatic ring is 1. The number of aliphatic hydroxyl groups excluding tert-OH is 2. The molecule has 3 rings (SSSR count). The van der Waals surface area contributed by atoms with Crippen molar-refractivity contribution in [1.82, 2.24) is 30.2 Å². The molecule has 28 heteroatoms. The number of aromatic nitrogens is 4. The highest BCUT2D eigenvalue weighted by Gasteiger charge is 2.47. The smallest absolute Gasteiger partial charge is 0.274 e. The fourth-order valence-electron chi connectivity index (χ4n) is 8.75. The lowest BCUT2D eigenvalue weighted by Crippen LogP contribution is -2.46. The van der Waals surface area contributed by atoms with Crippen molar-refractivity contribution >= 4 is 69.1 Å². The van der Waals surface area contributed by atoms with Crippen molar-refractivity contribution in [2.24, 2.45) is 5.41 Å².